The zero-order chi connectivity index (χ0) is 18.7. The molecule has 2 heterocycles. The van der Waals surface area contributed by atoms with Crippen molar-refractivity contribution in [2.24, 2.45) is 0 Å². The van der Waals surface area contributed by atoms with Gasteiger partial charge in [0.1, 0.15) is 5.82 Å². The van der Waals surface area contributed by atoms with Crippen LogP contribution in [0.5, 0.6) is 0 Å². The lowest BCUT2D eigenvalue weighted by Crippen LogP contribution is -2.49. The first-order valence-electron chi connectivity index (χ1n) is 8.78. The van der Waals surface area contributed by atoms with Crippen LogP contribution in [0.1, 0.15) is 47.8 Å². The number of anilines is 1. The van der Waals surface area contributed by atoms with Gasteiger partial charge in [-0.2, -0.15) is 0 Å². The lowest BCUT2D eigenvalue weighted by molar-refractivity contribution is -0.123. The Morgan fingerprint density at radius 2 is 1.92 bits per heavy atom. The first-order valence-corrected chi connectivity index (χ1v) is 8.78. The van der Waals surface area contributed by atoms with Crippen LogP contribution in [0.15, 0.2) is 36.5 Å². The van der Waals surface area contributed by atoms with Crippen molar-refractivity contribution in [1.82, 2.24) is 4.98 Å². The van der Waals surface area contributed by atoms with E-state index in [1.807, 2.05) is 49.9 Å². The lowest BCUT2D eigenvalue weighted by Gasteiger charge is -2.33. The van der Waals surface area contributed by atoms with Crippen LogP contribution >= 0.6 is 0 Å². The molecule has 0 radical (unpaired) electrons. The molecule has 26 heavy (non-hydrogen) atoms. The number of carbonyl (C=O) groups is 2. The van der Waals surface area contributed by atoms with Gasteiger partial charge in [-0.3, -0.25) is 9.69 Å². The van der Waals surface area contributed by atoms with E-state index in [0.717, 1.165) is 22.5 Å². The van der Waals surface area contributed by atoms with Crippen LogP contribution in [0.3, 0.4) is 0 Å². The molecule has 2 aromatic rings. The fraction of sp³-hybridized carbons (Fsp3) is 0.381. The highest BCUT2D eigenvalue weighted by Gasteiger charge is 2.56. The van der Waals surface area contributed by atoms with E-state index in [1.54, 1.807) is 12.3 Å². The minimum atomic E-state index is -0.631. The second-order valence-electron chi connectivity index (χ2n) is 8.10. The molecule has 5 heteroatoms. The fourth-order valence-corrected chi connectivity index (χ4v) is 4.26. The van der Waals surface area contributed by atoms with Crippen molar-refractivity contribution < 1.29 is 14.3 Å². The third-order valence-electron chi connectivity index (χ3n) is 5.41. The minimum Gasteiger partial charge on any atom is -0.465 e. The summed E-state index contributed by atoms with van der Waals surface area (Å²) in [6, 6.07) is 9.48. The zero-order valence-electron chi connectivity index (χ0n) is 15.5. The first-order chi connectivity index (χ1) is 12.3. The van der Waals surface area contributed by atoms with Gasteiger partial charge in [-0.15, -0.1) is 0 Å². The second-order valence-corrected chi connectivity index (χ2v) is 8.10. The summed E-state index contributed by atoms with van der Waals surface area (Å²) < 4.78 is 4.83. The predicted octanol–water partition coefficient (Wildman–Crippen LogP) is 3.05. The Labute approximate surface area is 153 Å². The molecule has 134 valence electrons. The van der Waals surface area contributed by atoms with Crippen molar-refractivity contribution >= 4 is 17.7 Å². The number of methoxy groups -OCH3 is 1. The van der Waals surface area contributed by atoms with E-state index in [-0.39, 0.29) is 17.4 Å². The molecule has 0 saturated carbocycles. The highest BCUT2D eigenvalue weighted by atomic mass is 16.5. The van der Waals surface area contributed by atoms with Crippen molar-refractivity contribution in [2.75, 3.05) is 12.0 Å². The number of rotatable bonds is 1. The molecule has 1 aliphatic heterocycles. The summed E-state index contributed by atoms with van der Waals surface area (Å²) in [6.07, 6.45) is 2.95. The number of ether oxygens (including phenoxy) is 1. The van der Waals surface area contributed by atoms with E-state index >= 15 is 0 Å². The Kier molecular flexibility index (Phi) is 3.48. The van der Waals surface area contributed by atoms with Crippen LogP contribution in [0, 0.1) is 0 Å². The molecule has 4 rings (SSSR count). The Bertz CT molecular complexity index is 929. The summed E-state index contributed by atoms with van der Waals surface area (Å²) in [5.74, 6) is 0.491. The average molecular weight is 350 g/mol. The van der Waals surface area contributed by atoms with Gasteiger partial charge in [0.25, 0.3) is 0 Å². The van der Waals surface area contributed by atoms with Crippen LogP contribution < -0.4 is 4.90 Å². The summed E-state index contributed by atoms with van der Waals surface area (Å²) in [5.41, 5.74) is 2.66. The molecular formula is C21H22N2O3. The number of hydrogen-bond donors (Lipinski definition) is 0. The maximum absolute atomic E-state index is 13.6. The maximum Gasteiger partial charge on any atom is 0.337 e. The van der Waals surface area contributed by atoms with Crippen molar-refractivity contribution in [3.8, 4) is 0 Å². The summed E-state index contributed by atoms with van der Waals surface area (Å²) in [5, 5.41) is 0. The van der Waals surface area contributed by atoms with Crippen molar-refractivity contribution in [3.63, 3.8) is 0 Å². The predicted molar refractivity (Wildman–Crippen MR) is 98.3 cm³/mol. The van der Waals surface area contributed by atoms with Crippen molar-refractivity contribution in [1.29, 1.82) is 0 Å². The topological polar surface area (TPSA) is 59.5 Å². The number of carbonyl (C=O) groups excluding carboxylic acids is 2. The van der Waals surface area contributed by atoms with Gasteiger partial charge in [0.05, 0.1) is 18.1 Å². The van der Waals surface area contributed by atoms with Crippen LogP contribution in [0.25, 0.3) is 0 Å². The van der Waals surface area contributed by atoms with E-state index in [4.69, 9.17) is 4.74 Å². The quantitative estimate of drug-likeness (QED) is 0.742. The Balaban J connectivity index is 1.83. The Morgan fingerprint density at radius 1 is 1.19 bits per heavy atom. The first kappa shape index (κ1) is 16.8. The molecule has 5 nitrogen and oxygen atoms in total. The van der Waals surface area contributed by atoms with E-state index in [0.29, 0.717) is 18.4 Å². The van der Waals surface area contributed by atoms with Gasteiger partial charge in [0.15, 0.2) is 0 Å². The summed E-state index contributed by atoms with van der Waals surface area (Å²) in [4.78, 5) is 31.8. The van der Waals surface area contributed by atoms with Crippen LogP contribution in [-0.2, 0) is 27.8 Å². The Morgan fingerprint density at radius 3 is 2.62 bits per heavy atom. The SMILES string of the molecule is COC(=O)c1ccc2c(c1)CC1(C2)C(=O)N(C(C)(C)C)c2ncccc21. The highest BCUT2D eigenvalue weighted by molar-refractivity contribution is 6.09. The third kappa shape index (κ3) is 2.19. The molecule has 1 spiro atoms. The zero-order valence-corrected chi connectivity index (χ0v) is 15.5. The molecule has 1 unspecified atom stereocenters. The minimum absolute atomic E-state index is 0.0921. The van der Waals surface area contributed by atoms with Crippen molar-refractivity contribution in [2.45, 2.75) is 44.6 Å². The van der Waals surface area contributed by atoms with Crippen LogP contribution in [-0.4, -0.2) is 29.5 Å². The highest BCUT2D eigenvalue weighted by Crippen LogP contribution is 2.50. The largest absolute Gasteiger partial charge is 0.465 e. The van der Waals surface area contributed by atoms with Crippen LogP contribution in [0.2, 0.25) is 0 Å². The Hall–Kier alpha value is -2.69. The van der Waals surface area contributed by atoms with Gasteiger partial charge in [-0.05, 0) is 62.9 Å². The maximum atomic E-state index is 13.6. The molecule has 1 aromatic carbocycles. The van der Waals surface area contributed by atoms with E-state index in [9.17, 15) is 9.59 Å². The molecule has 2 aliphatic rings. The van der Waals surface area contributed by atoms with Gasteiger partial charge in [0, 0.05) is 17.3 Å². The summed E-state index contributed by atoms with van der Waals surface area (Å²) in [6.45, 7) is 6.08. The lowest BCUT2D eigenvalue weighted by atomic mass is 9.79. The number of benzene rings is 1. The molecule has 1 aromatic heterocycles. The number of esters is 1. The average Bonchev–Trinajstić information content (AvgIpc) is 3.10. The van der Waals surface area contributed by atoms with Gasteiger partial charge in [0.2, 0.25) is 5.91 Å². The number of pyridine rings is 1. The number of amides is 1. The molecule has 1 amide bonds. The van der Waals surface area contributed by atoms with E-state index < -0.39 is 5.41 Å². The normalized spacial score (nSPS) is 21.1. The molecule has 1 atom stereocenters. The van der Waals surface area contributed by atoms with E-state index in [2.05, 4.69) is 4.98 Å². The monoisotopic (exact) mass is 350 g/mol. The van der Waals surface area contributed by atoms with E-state index in [1.165, 1.54) is 7.11 Å². The molecule has 0 fully saturated rings. The number of nitrogens with zero attached hydrogens (tertiary/aromatic N) is 2. The molecule has 0 bridgehead atoms. The molecular weight excluding hydrogens is 328 g/mol. The fourth-order valence-electron chi connectivity index (χ4n) is 4.26. The number of hydrogen-bond acceptors (Lipinski definition) is 4. The number of aromatic nitrogens is 1. The molecule has 0 saturated heterocycles. The third-order valence-corrected chi connectivity index (χ3v) is 5.41. The second kappa shape index (κ2) is 5.40. The smallest absolute Gasteiger partial charge is 0.337 e. The van der Waals surface area contributed by atoms with Crippen LogP contribution in [0.4, 0.5) is 5.82 Å². The molecule has 1 aliphatic carbocycles. The van der Waals surface area contributed by atoms with Gasteiger partial charge in [-0.1, -0.05) is 12.1 Å². The summed E-state index contributed by atoms with van der Waals surface area (Å²) >= 11 is 0. The van der Waals surface area contributed by atoms with Gasteiger partial charge < -0.3 is 4.74 Å². The van der Waals surface area contributed by atoms with Crippen molar-refractivity contribution in [3.05, 3.63) is 58.8 Å². The van der Waals surface area contributed by atoms with Gasteiger partial charge in [-0.25, -0.2) is 9.78 Å². The standard InChI is InChI=1S/C21H22N2O3/c1-20(2,3)23-17-16(6-5-9-22-17)21(19(23)25)11-14-8-7-13(18(24)26-4)10-15(14)12-21/h5-10H,11-12H2,1-4H3. The number of fused-ring (bicyclic) bond motifs is 3. The molecule has 0 N–H and O–H groups in total. The van der Waals surface area contributed by atoms with Gasteiger partial charge >= 0.3 is 5.97 Å². The summed E-state index contributed by atoms with van der Waals surface area (Å²) in [7, 11) is 1.38.